The molecule has 0 aliphatic carbocycles. The number of nitriles is 1. The van der Waals surface area contributed by atoms with Gasteiger partial charge >= 0.3 is 0 Å². The molecular weight excluding hydrogens is 330 g/mol. The van der Waals surface area contributed by atoms with E-state index >= 15 is 0 Å². The van der Waals surface area contributed by atoms with E-state index in [4.69, 9.17) is 4.74 Å². The van der Waals surface area contributed by atoms with Crippen LogP contribution < -0.4 is 15.0 Å². The summed E-state index contributed by atoms with van der Waals surface area (Å²) in [5.41, 5.74) is 2.14. The predicted octanol–water partition coefficient (Wildman–Crippen LogP) is 3.40. The zero-order valence-corrected chi connectivity index (χ0v) is 15.0. The minimum Gasteiger partial charge on any atom is -0.504 e. The molecule has 0 atom stereocenters. The third-order valence-electron chi connectivity index (χ3n) is 3.60. The predicted molar refractivity (Wildman–Crippen MR) is 102 cm³/mol. The van der Waals surface area contributed by atoms with Crippen molar-refractivity contribution in [2.45, 2.75) is 6.92 Å². The van der Waals surface area contributed by atoms with Crippen molar-refractivity contribution >= 4 is 23.4 Å². The van der Waals surface area contributed by atoms with Crippen LogP contribution in [0, 0.1) is 11.3 Å². The lowest BCUT2D eigenvalue weighted by Crippen LogP contribution is -2.14. The molecule has 0 fully saturated rings. The number of ether oxygens (including phenoxy) is 1. The average molecular weight is 351 g/mol. The van der Waals surface area contributed by atoms with Gasteiger partial charge in [-0.3, -0.25) is 4.79 Å². The SMILES string of the molecule is CCOc1cc(/C=C(/C#N)C(=O)Nc2ccc(N(C)C)cc2)ccc1O. The molecule has 0 spiro atoms. The average Bonchev–Trinajstić information content (AvgIpc) is 2.62. The zero-order chi connectivity index (χ0) is 19.1. The van der Waals surface area contributed by atoms with Crippen LogP contribution in [0.25, 0.3) is 6.08 Å². The number of carbonyl (C=O) groups is 1. The number of nitrogens with zero attached hydrogens (tertiary/aromatic N) is 2. The van der Waals surface area contributed by atoms with Crippen LogP contribution in [0.15, 0.2) is 48.0 Å². The van der Waals surface area contributed by atoms with Crippen LogP contribution in [0.4, 0.5) is 11.4 Å². The van der Waals surface area contributed by atoms with Gasteiger partial charge in [-0.2, -0.15) is 5.26 Å². The van der Waals surface area contributed by atoms with Crippen LogP contribution in [-0.4, -0.2) is 31.7 Å². The Balaban J connectivity index is 2.19. The molecule has 2 aromatic rings. The molecule has 0 saturated heterocycles. The van der Waals surface area contributed by atoms with Gasteiger partial charge in [0.05, 0.1) is 6.61 Å². The minimum absolute atomic E-state index is 0.00735. The Labute approximate surface area is 152 Å². The molecule has 6 nitrogen and oxygen atoms in total. The highest BCUT2D eigenvalue weighted by Gasteiger charge is 2.11. The summed E-state index contributed by atoms with van der Waals surface area (Å²) in [5, 5.41) is 21.7. The number of rotatable bonds is 6. The van der Waals surface area contributed by atoms with E-state index in [0.717, 1.165) is 5.69 Å². The molecule has 0 aromatic heterocycles. The Morgan fingerprint density at radius 1 is 1.27 bits per heavy atom. The Kier molecular flexibility index (Phi) is 6.23. The maximum Gasteiger partial charge on any atom is 0.266 e. The van der Waals surface area contributed by atoms with Gasteiger partial charge in [0.25, 0.3) is 5.91 Å². The van der Waals surface area contributed by atoms with Gasteiger partial charge in [-0.15, -0.1) is 0 Å². The molecule has 0 unspecified atom stereocenters. The largest absolute Gasteiger partial charge is 0.504 e. The summed E-state index contributed by atoms with van der Waals surface area (Å²) < 4.78 is 5.31. The summed E-state index contributed by atoms with van der Waals surface area (Å²) in [7, 11) is 3.86. The Bertz CT molecular complexity index is 850. The Morgan fingerprint density at radius 2 is 1.96 bits per heavy atom. The standard InChI is InChI=1S/C20H21N3O3/c1-4-26-19-12-14(5-10-18(19)24)11-15(13-21)20(25)22-16-6-8-17(9-7-16)23(2)3/h5-12,24H,4H2,1-3H3,(H,22,25)/b15-11-. The molecule has 0 bridgehead atoms. The van der Waals surface area contributed by atoms with Crippen LogP contribution in [0.2, 0.25) is 0 Å². The molecule has 2 N–H and O–H groups in total. The topological polar surface area (TPSA) is 85.6 Å². The van der Waals surface area contributed by atoms with Gasteiger partial charge in [-0.1, -0.05) is 6.07 Å². The number of phenols is 1. The number of nitrogens with one attached hydrogen (secondary N) is 1. The zero-order valence-electron chi connectivity index (χ0n) is 15.0. The molecule has 2 aromatic carbocycles. The summed E-state index contributed by atoms with van der Waals surface area (Å²) >= 11 is 0. The van der Waals surface area contributed by atoms with Gasteiger partial charge in [-0.05, 0) is 55.0 Å². The van der Waals surface area contributed by atoms with Crippen molar-refractivity contribution in [2.24, 2.45) is 0 Å². The first-order valence-corrected chi connectivity index (χ1v) is 8.11. The summed E-state index contributed by atoms with van der Waals surface area (Å²) in [6.07, 6.45) is 1.45. The normalized spacial score (nSPS) is 10.8. The Morgan fingerprint density at radius 3 is 2.54 bits per heavy atom. The second kappa shape index (κ2) is 8.58. The van der Waals surface area contributed by atoms with Crippen molar-refractivity contribution in [1.82, 2.24) is 0 Å². The third kappa shape index (κ3) is 4.77. The van der Waals surface area contributed by atoms with Gasteiger partial charge in [-0.25, -0.2) is 0 Å². The molecule has 0 aliphatic heterocycles. The first-order valence-electron chi connectivity index (χ1n) is 8.11. The van der Waals surface area contributed by atoms with Crippen molar-refractivity contribution in [3.8, 4) is 17.6 Å². The van der Waals surface area contributed by atoms with Crippen LogP contribution >= 0.6 is 0 Å². The van der Waals surface area contributed by atoms with Gasteiger partial charge in [0, 0.05) is 25.5 Å². The van der Waals surface area contributed by atoms with Crippen molar-refractivity contribution < 1.29 is 14.6 Å². The fourth-order valence-corrected chi connectivity index (χ4v) is 2.25. The van der Waals surface area contributed by atoms with E-state index in [2.05, 4.69) is 5.32 Å². The Hall–Kier alpha value is -3.46. The monoisotopic (exact) mass is 351 g/mol. The smallest absolute Gasteiger partial charge is 0.266 e. The van der Waals surface area contributed by atoms with Crippen molar-refractivity contribution in [2.75, 3.05) is 30.9 Å². The fourth-order valence-electron chi connectivity index (χ4n) is 2.25. The first kappa shape index (κ1) is 18.9. The highest BCUT2D eigenvalue weighted by Crippen LogP contribution is 2.28. The number of carbonyl (C=O) groups excluding carboxylic acids is 1. The summed E-state index contributed by atoms with van der Waals surface area (Å²) in [6.45, 7) is 2.20. The number of benzene rings is 2. The maximum absolute atomic E-state index is 12.4. The van der Waals surface area contributed by atoms with Crippen LogP contribution in [0.5, 0.6) is 11.5 Å². The van der Waals surface area contributed by atoms with Crippen LogP contribution in [0.3, 0.4) is 0 Å². The highest BCUT2D eigenvalue weighted by molar-refractivity contribution is 6.09. The number of anilines is 2. The van der Waals surface area contributed by atoms with Crippen molar-refractivity contribution in [3.63, 3.8) is 0 Å². The molecule has 0 saturated carbocycles. The van der Waals surface area contributed by atoms with E-state index in [1.165, 1.54) is 12.1 Å². The molecule has 0 heterocycles. The van der Waals surface area contributed by atoms with Crippen molar-refractivity contribution in [1.29, 1.82) is 5.26 Å². The molecular formula is C20H21N3O3. The third-order valence-corrected chi connectivity index (χ3v) is 3.60. The summed E-state index contributed by atoms with van der Waals surface area (Å²) in [5.74, 6) is -0.192. The van der Waals surface area contributed by atoms with E-state index in [-0.39, 0.29) is 11.3 Å². The van der Waals surface area contributed by atoms with Crippen LogP contribution in [0.1, 0.15) is 12.5 Å². The van der Waals surface area contributed by atoms with Crippen LogP contribution in [-0.2, 0) is 4.79 Å². The van der Waals surface area contributed by atoms with E-state index in [1.807, 2.05) is 37.2 Å². The molecule has 6 heteroatoms. The minimum atomic E-state index is -0.504. The molecule has 1 amide bonds. The number of aromatic hydroxyl groups is 1. The summed E-state index contributed by atoms with van der Waals surface area (Å²) in [6, 6.07) is 13.8. The number of amides is 1. The first-order chi connectivity index (χ1) is 12.4. The molecule has 2 rings (SSSR count). The van der Waals surface area contributed by atoms with Crippen molar-refractivity contribution in [3.05, 3.63) is 53.6 Å². The van der Waals surface area contributed by atoms with E-state index in [9.17, 15) is 15.2 Å². The molecule has 26 heavy (non-hydrogen) atoms. The quantitative estimate of drug-likeness (QED) is 0.615. The number of phenolic OH excluding ortho intramolecular Hbond substituents is 1. The van der Waals surface area contributed by atoms with Gasteiger partial charge in [0.1, 0.15) is 11.6 Å². The maximum atomic E-state index is 12.4. The van der Waals surface area contributed by atoms with Gasteiger partial charge in [0.2, 0.25) is 0 Å². The van der Waals surface area contributed by atoms with Gasteiger partial charge in [0.15, 0.2) is 11.5 Å². The molecule has 134 valence electrons. The fraction of sp³-hybridized carbons (Fsp3) is 0.200. The van der Waals surface area contributed by atoms with Gasteiger partial charge < -0.3 is 20.1 Å². The number of hydrogen-bond donors (Lipinski definition) is 2. The van der Waals surface area contributed by atoms with E-state index < -0.39 is 5.91 Å². The lowest BCUT2D eigenvalue weighted by molar-refractivity contribution is -0.112. The second-order valence-corrected chi connectivity index (χ2v) is 5.73. The highest BCUT2D eigenvalue weighted by atomic mass is 16.5. The van der Waals surface area contributed by atoms with E-state index in [0.29, 0.717) is 23.6 Å². The number of hydrogen-bond acceptors (Lipinski definition) is 5. The molecule has 0 radical (unpaired) electrons. The second-order valence-electron chi connectivity index (χ2n) is 5.73. The lowest BCUT2D eigenvalue weighted by Gasteiger charge is -2.13. The molecule has 0 aliphatic rings. The summed E-state index contributed by atoms with van der Waals surface area (Å²) in [4.78, 5) is 14.3. The van der Waals surface area contributed by atoms with E-state index in [1.54, 1.807) is 31.2 Å². The lowest BCUT2D eigenvalue weighted by atomic mass is 10.1.